The third kappa shape index (κ3) is 5.10. The first-order valence-electron chi connectivity index (χ1n) is 10.3. The van der Waals surface area contributed by atoms with Crippen LogP contribution >= 0.6 is 11.3 Å². The van der Waals surface area contributed by atoms with Gasteiger partial charge in [-0.2, -0.15) is 4.31 Å². The summed E-state index contributed by atoms with van der Waals surface area (Å²) in [5.74, 6) is -1.40. The lowest BCUT2D eigenvalue weighted by Gasteiger charge is -2.29. The summed E-state index contributed by atoms with van der Waals surface area (Å²) < 4.78 is 36.7. The van der Waals surface area contributed by atoms with Crippen LogP contribution in [0.25, 0.3) is 0 Å². The first-order chi connectivity index (χ1) is 15.6. The van der Waals surface area contributed by atoms with E-state index in [0.29, 0.717) is 24.6 Å². The zero-order chi connectivity index (χ0) is 24.3. The highest BCUT2D eigenvalue weighted by Crippen LogP contribution is 2.34. The molecule has 2 aromatic rings. The Morgan fingerprint density at radius 1 is 1.03 bits per heavy atom. The van der Waals surface area contributed by atoms with E-state index < -0.39 is 27.9 Å². The number of ether oxygens (including phenoxy) is 2. The monoisotopic (exact) mass is 494 g/mol. The molecule has 1 aromatic carbocycles. The van der Waals surface area contributed by atoms with Gasteiger partial charge in [-0.1, -0.05) is 6.92 Å². The summed E-state index contributed by atoms with van der Waals surface area (Å²) >= 11 is 0.902. The normalized spacial score (nSPS) is 15.2. The molecule has 0 radical (unpaired) electrons. The fraction of sp³-hybridized carbons (Fsp3) is 0.409. The molecule has 0 atom stereocenters. The highest BCUT2D eigenvalue weighted by atomic mass is 32.2. The molecule has 0 bridgehead atoms. The number of amides is 1. The van der Waals surface area contributed by atoms with Crippen molar-refractivity contribution in [2.24, 2.45) is 5.92 Å². The molecular weight excluding hydrogens is 468 g/mol. The van der Waals surface area contributed by atoms with E-state index in [-0.39, 0.29) is 25.9 Å². The topological polar surface area (TPSA) is 119 Å². The Kier molecular flexibility index (Phi) is 7.55. The van der Waals surface area contributed by atoms with Crippen LogP contribution in [0.2, 0.25) is 0 Å². The maximum Gasteiger partial charge on any atom is 0.348 e. The summed E-state index contributed by atoms with van der Waals surface area (Å²) in [4.78, 5) is 37.3. The molecule has 178 valence electrons. The third-order valence-corrected chi connectivity index (χ3v) is 8.73. The van der Waals surface area contributed by atoms with Crippen LogP contribution in [0.5, 0.6) is 0 Å². The molecule has 0 saturated carbocycles. The van der Waals surface area contributed by atoms with Crippen LogP contribution in [0.15, 0.2) is 29.2 Å². The molecule has 1 saturated heterocycles. The number of sulfonamides is 1. The number of nitrogens with one attached hydrogen (secondary N) is 1. The third-order valence-electron chi connectivity index (χ3n) is 5.63. The quantitative estimate of drug-likeness (QED) is 0.612. The second kappa shape index (κ2) is 10.0. The van der Waals surface area contributed by atoms with E-state index in [1.165, 1.54) is 42.8 Å². The number of hydrogen-bond acceptors (Lipinski definition) is 8. The van der Waals surface area contributed by atoms with E-state index in [2.05, 4.69) is 12.2 Å². The van der Waals surface area contributed by atoms with Gasteiger partial charge in [-0.05, 0) is 55.5 Å². The van der Waals surface area contributed by atoms with E-state index >= 15 is 0 Å². The van der Waals surface area contributed by atoms with Crippen molar-refractivity contribution in [3.63, 3.8) is 0 Å². The average molecular weight is 495 g/mol. The molecule has 1 aliphatic heterocycles. The molecule has 1 aromatic heterocycles. The molecule has 0 unspecified atom stereocenters. The highest BCUT2D eigenvalue weighted by molar-refractivity contribution is 7.89. The first kappa shape index (κ1) is 24.9. The molecule has 9 nitrogen and oxygen atoms in total. The number of esters is 2. The molecule has 1 amide bonds. The minimum atomic E-state index is -3.63. The summed E-state index contributed by atoms with van der Waals surface area (Å²) in [6.45, 7) is 4.61. The van der Waals surface area contributed by atoms with Gasteiger partial charge in [-0.3, -0.25) is 4.79 Å². The van der Waals surface area contributed by atoms with Crippen LogP contribution in [0.3, 0.4) is 0 Å². The zero-order valence-electron chi connectivity index (χ0n) is 18.8. The van der Waals surface area contributed by atoms with Gasteiger partial charge in [-0.15, -0.1) is 11.3 Å². The SMILES string of the molecule is COC(=O)c1sc(NC(=O)c2ccc(S(=O)(=O)N3CCC(C)CC3)cc2)c(C(=O)OC)c1C. The second-order valence-corrected chi connectivity index (χ2v) is 10.8. The van der Waals surface area contributed by atoms with Crippen molar-refractivity contribution in [2.45, 2.75) is 31.6 Å². The molecule has 1 N–H and O–H groups in total. The Morgan fingerprint density at radius 2 is 1.61 bits per heavy atom. The fourth-order valence-electron chi connectivity index (χ4n) is 3.56. The van der Waals surface area contributed by atoms with E-state index in [4.69, 9.17) is 9.47 Å². The van der Waals surface area contributed by atoms with Crippen molar-refractivity contribution in [3.05, 3.63) is 45.8 Å². The van der Waals surface area contributed by atoms with Gasteiger partial charge in [0.1, 0.15) is 9.88 Å². The van der Waals surface area contributed by atoms with Crippen molar-refractivity contribution in [3.8, 4) is 0 Å². The minimum Gasteiger partial charge on any atom is -0.465 e. The van der Waals surface area contributed by atoms with E-state index in [0.717, 1.165) is 24.2 Å². The zero-order valence-corrected chi connectivity index (χ0v) is 20.5. The van der Waals surface area contributed by atoms with Gasteiger partial charge in [0.05, 0.1) is 24.7 Å². The summed E-state index contributed by atoms with van der Waals surface area (Å²) in [6, 6.07) is 5.61. The van der Waals surface area contributed by atoms with Gasteiger partial charge >= 0.3 is 11.9 Å². The molecule has 33 heavy (non-hydrogen) atoms. The smallest absolute Gasteiger partial charge is 0.348 e. The number of rotatable bonds is 6. The standard InChI is InChI=1S/C22H26N2O7S2/c1-13-9-11-24(12-10-13)33(28,29)16-7-5-15(6-8-16)19(25)23-20-17(21(26)30-3)14(2)18(32-20)22(27)31-4/h5-8,13H,9-12H2,1-4H3,(H,23,25). The number of hydrogen-bond donors (Lipinski definition) is 1. The molecule has 0 aliphatic carbocycles. The van der Waals surface area contributed by atoms with Crippen LogP contribution in [-0.4, -0.2) is 57.9 Å². The van der Waals surface area contributed by atoms with Crippen LogP contribution in [0, 0.1) is 12.8 Å². The Hall–Kier alpha value is -2.76. The molecule has 11 heteroatoms. The van der Waals surface area contributed by atoms with E-state index in [1.807, 2.05) is 0 Å². The molecule has 2 heterocycles. The van der Waals surface area contributed by atoms with Crippen molar-refractivity contribution in [2.75, 3.05) is 32.6 Å². The summed E-state index contributed by atoms with van der Waals surface area (Å²) in [5.41, 5.74) is 0.601. The molecule has 3 rings (SSSR count). The van der Waals surface area contributed by atoms with Gasteiger partial charge in [0.2, 0.25) is 10.0 Å². The molecule has 1 fully saturated rings. The van der Waals surface area contributed by atoms with Crippen LogP contribution in [0.4, 0.5) is 5.00 Å². The van der Waals surface area contributed by atoms with Gasteiger partial charge < -0.3 is 14.8 Å². The number of piperidine rings is 1. The summed E-state index contributed by atoms with van der Waals surface area (Å²) in [6.07, 6.45) is 1.63. The second-order valence-electron chi connectivity index (χ2n) is 7.81. The van der Waals surface area contributed by atoms with Crippen molar-refractivity contribution in [1.82, 2.24) is 4.31 Å². The molecule has 1 aliphatic rings. The summed E-state index contributed by atoms with van der Waals surface area (Å²) in [7, 11) is -1.21. The van der Waals surface area contributed by atoms with Gasteiger partial charge in [0.25, 0.3) is 5.91 Å². The van der Waals surface area contributed by atoms with Crippen molar-refractivity contribution < 1.29 is 32.3 Å². The lowest BCUT2D eigenvalue weighted by molar-refractivity contribution is 0.0601. The number of carbonyl (C=O) groups is 3. The van der Waals surface area contributed by atoms with Crippen LogP contribution in [0.1, 0.15) is 55.7 Å². The van der Waals surface area contributed by atoms with E-state index in [9.17, 15) is 22.8 Å². The predicted octanol–water partition coefficient (Wildman–Crippen LogP) is 3.30. The number of methoxy groups -OCH3 is 2. The Morgan fingerprint density at radius 3 is 2.15 bits per heavy atom. The van der Waals surface area contributed by atoms with Crippen molar-refractivity contribution in [1.29, 1.82) is 0 Å². The first-order valence-corrected chi connectivity index (χ1v) is 12.6. The van der Waals surface area contributed by atoms with Gasteiger partial charge in [0, 0.05) is 18.7 Å². The van der Waals surface area contributed by atoms with Crippen molar-refractivity contribution >= 4 is 44.2 Å². The average Bonchev–Trinajstić information content (AvgIpc) is 3.13. The van der Waals surface area contributed by atoms with E-state index in [1.54, 1.807) is 6.92 Å². The Balaban J connectivity index is 1.83. The highest BCUT2D eigenvalue weighted by Gasteiger charge is 2.29. The number of anilines is 1. The minimum absolute atomic E-state index is 0.0646. The lowest BCUT2D eigenvalue weighted by Crippen LogP contribution is -2.37. The van der Waals surface area contributed by atoms with Gasteiger partial charge in [-0.25, -0.2) is 18.0 Å². The number of thiophene rings is 1. The van der Waals surface area contributed by atoms with Crippen LogP contribution < -0.4 is 5.32 Å². The number of carbonyl (C=O) groups excluding carboxylic acids is 3. The maximum atomic E-state index is 12.9. The summed E-state index contributed by atoms with van der Waals surface area (Å²) in [5, 5.41) is 2.76. The molecular formula is C22H26N2O7S2. The van der Waals surface area contributed by atoms with Crippen LogP contribution in [-0.2, 0) is 19.5 Å². The number of nitrogens with zero attached hydrogens (tertiary/aromatic N) is 1. The fourth-order valence-corrected chi connectivity index (χ4v) is 6.14. The molecule has 0 spiro atoms. The predicted molar refractivity (Wildman–Crippen MR) is 123 cm³/mol. The largest absolute Gasteiger partial charge is 0.465 e. The maximum absolute atomic E-state index is 12.9. The van der Waals surface area contributed by atoms with Gasteiger partial charge in [0.15, 0.2) is 0 Å². The Labute approximate surface area is 196 Å². The Bertz CT molecular complexity index is 1160. The number of benzene rings is 1. The lowest BCUT2D eigenvalue weighted by atomic mass is 10.0.